The van der Waals surface area contributed by atoms with Crippen LogP contribution in [0.5, 0.6) is 0 Å². The maximum absolute atomic E-state index is 5.74. The van der Waals surface area contributed by atoms with E-state index in [0.717, 1.165) is 62.3 Å². The molecular weight excluding hydrogens is 286 g/mol. The van der Waals surface area contributed by atoms with E-state index in [0.29, 0.717) is 4.84 Å². The third-order valence-electron chi connectivity index (χ3n) is 4.72. The van der Waals surface area contributed by atoms with Gasteiger partial charge in [0.25, 0.3) is 4.84 Å². The molecule has 6 rings (SSSR count). The van der Waals surface area contributed by atoms with Crippen molar-refractivity contribution in [3.63, 3.8) is 0 Å². The van der Waals surface area contributed by atoms with Crippen molar-refractivity contribution in [2.75, 3.05) is 40.0 Å². The molecule has 21 heavy (non-hydrogen) atoms. The van der Waals surface area contributed by atoms with Crippen LogP contribution in [-0.2, 0) is 6.67 Å². The molecule has 4 saturated heterocycles. The van der Waals surface area contributed by atoms with E-state index in [1.807, 2.05) is 18.2 Å². The van der Waals surface area contributed by atoms with Gasteiger partial charge in [0, 0.05) is 0 Å². The Morgan fingerprint density at radius 3 is 2.29 bits per heavy atom. The topological polar surface area (TPSA) is 27.8 Å². The van der Waals surface area contributed by atoms with Gasteiger partial charge in [-0.1, -0.05) is 12.1 Å². The second-order valence-electron chi connectivity index (χ2n) is 6.61. The molecule has 7 heteroatoms. The van der Waals surface area contributed by atoms with E-state index in [1.54, 1.807) is 0 Å². The Kier molecular flexibility index (Phi) is 2.43. The molecule has 1 aromatic carbocycles. The number of hydrogen-bond donors (Lipinski definition) is 0. The number of rotatable bonds is 2. The maximum Gasteiger partial charge on any atom is 0.274 e. The van der Waals surface area contributed by atoms with Crippen LogP contribution < -0.4 is 0 Å². The number of hydrogen-bond acceptors (Lipinski definition) is 5. The van der Waals surface area contributed by atoms with Crippen molar-refractivity contribution in [1.82, 2.24) is 19.3 Å². The van der Waals surface area contributed by atoms with E-state index in [1.165, 1.54) is 0 Å². The first-order chi connectivity index (χ1) is 10.2. The van der Waals surface area contributed by atoms with Gasteiger partial charge in [0.2, 0.25) is 0 Å². The molecule has 0 radical (unpaired) electrons. The summed E-state index contributed by atoms with van der Waals surface area (Å²) < 4.78 is 8.93. The number of aromatic nitrogens is 1. The molecule has 6 nitrogen and oxygen atoms in total. The quantitative estimate of drug-likeness (QED) is 0.618. The number of fused-ring (bicyclic) bond motifs is 1. The number of benzene rings is 1. The average Bonchev–Trinajstić information content (AvgIpc) is 2.73. The Morgan fingerprint density at radius 2 is 1.62 bits per heavy atom. The molecule has 0 saturated carbocycles. The number of nitrogens with zero attached hydrogens (tertiary/aromatic N) is 5. The lowest BCUT2D eigenvalue weighted by Crippen LogP contribution is -2.79. The summed E-state index contributed by atoms with van der Waals surface area (Å²) in [5, 5.41) is 0. The number of oxazole rings is 1. The minimum absolute atomic E-state index is 0.588. The molecule has 0 unspecified atom stereocenters. The standard InChI is InChI=1S/C14H18N5OS/c21-14-18(12-3-1-2-4-13(12)20-14)11-19-8-15-5-16(9-19)7-17(6-15)10-19/h1-4H,5-11H2/q+1. The van der Waals surface area contributed by atoms with E-state index in [-0.39, 0.29) is 0 Å². The molecule has 0 N–H and O–H groups in total. The van der Waals surface area contributed by atoms with Crippen LogP contribution in [0.1, 0.15) is 0 Å². The fraction of sp³-hybridized carbons (Fsp3) is 0.500. The van der Waals surface area contributed by atoms with Crippen molar-refractivity contribution in [3.05, 3.63) is 29.1 Å². The fourth-order valence-electron chi connectivity index (χ4n) is 4.24. The van der Waals surface area contributed by atoms with E-state index < -0.39 is 0 Å². The van der Waals surface area contributed by atoms with Crippen molar-refractivity contribution < 1.29 is 8.90 Å². The third kappa shape index (κ3) is 1.82. The fourth-order valence-corrected chi connectivity index (χ4v) is 4.49. The molecule has 4 bridgehead atoms. The number of para-hydroxylation sites is 2. The van der Waals surface area contributed by atoms with Gasteiger partial charge in [0.15, 0.2) is 12.3 Å². The van der Waals surface area contributed by atoms with Crippen molar-refractivity contribution in [3.8, 4) is 0 Å². The minimum atomic E-state index is 0.588. The Morgan fingerprint density at radius 1 is 1.00 bits per heavy atom. The minimum Gasteiger partial charge on any atom is -0.429 e. The zero-order chi connectivity index (χ0) is 14.0. The van der Waals surface area contributed by atoms with Crippen molar-refractivity contribution >= 4 is 23.3 Å². The van der Waals surface area contributed by atoms with E-state index in [4.69, 9.17) is 16.6 Å². The van der Waals surface area contributed by atoms with Gasteiger partial charge in [-0.25, -0.2) is 14.7 Å². The highest BCUT2D eigenvalue weighted by Crippen LogP contribution is 2.30. The summed E-state index contributed by atoms with van der Waals surface area (Å²) in [6, 6.07) is 8.13. The van der Waals surface area contributed by atoms with Crippen LogP contribution in [0.25, 0.3) is 11.1 Å². The van der Waals surface area contributed by atoms with E-state index in [9.17, 15) is 0 Å². The Balaban J connectivity index is 1.57. The van der Waals surface area contributed by atoms with Gasteiger partial charge in [-0.3, -0.25) is 9.05 Å². The van der Waals surface area contributed by atoms with Gasteiger partial charge in [-0.05, 0) is 24.4 Å². The lowest BCUT2D eigenvalue weighted by atomic mass is 10.3. The second kappa shape index (κ2) is 4.15. The molecule has 110 valence electrons. The highest BCUT2D eigenvalue weighted by molar-refractivity contribution is 7.71. The molecule has 4 fully saturated rings. The summed E-state index contributed by atoms with van der Waals surface area (Å²) in [5.74, 6) is 0. The SMILES string of the molecule is S=c1oc2ccccc2n1C[N+]12CN3CN(CN(C3)C1)C2. The largest absolute Gasteiger partial charge is 0.429 e. The van der Waals surface area contributed by atoms with Crippen LogP contribution in [-0.4, -0.2) is 63.8 Å². The summed E-state index contributed by atoms with van der Waals surface area (Å²) in [6.07, 6.45) is 0. The zero-order valence-corrected chi connectivity index (χ0v) is 12.6. The summed E-state index contributed by atoms with van der Waals surface area (Å²) in [6.45, 7) is 7.52. The Bertz CT molecular complexity index is 731. The summed E-state index contributed by atoms with van der Waals surface area (Å²) in [4.78, 5) is 8.14. The van der Waals surface area contributed by atoms with Crippen LogP contribution in [0.3, 0.4) is 0 Å². The van der Waals surface area contributed by atoms with Gasteiger partial charge in [-0.2, -0.15) is 0 Å². The third-order valence-corrected chi connectivity index (χ3v) is 5.02. The van der Waals surface area contributed by atoms with Gasteiger partial charge in [0.1, 0.15) is 20.0 Å². The van der Waals surface area contributed by atoms with Gasteiger partial charge in [-0.15, -0.1) is 0 Å². The van der Waals surface area contributed by atoms with Crippen LogP contribution in [0.15, 0.2) is 28.7 Å². The lowest BCUT2D eigenvalue weighted by molar-refractivity contribution is -0.998. The first-order valence-electron chi connectivity index (χ1n) is 7.31. The van der Waals surface area contributed by atoms with E-state index >= 15 is 0 Å². The zero-order valence-electron chi connectivity index (χ0n) is 11.8. The molecule has 2 aromatic rings. The lowest BCUT2D eigenvalue weighted by Gasteiger charge is -2.60. The highest BCUT2D eigenvalue weighted by Gasteiger charge is 2.48. The van der Waals surface area contributed by atoms with Crippen LogP contribution >= 0.6 is 12.2 Å². The second-order valence-corrected chi connectivity index (χ2v) is 6.96. The average molecular weight is 304 g/mol. The molecule has 0 aliphatic carbocycles. The number of quaternary nitrogens is 1. The Labute approximate surface area is 127 Å². The summed E-state index contributed by atoms with van der Waals surface area (Å²) in [5.41, 5.74) is 1.99. The maximum atomic E-state index is 5.74. The summed E-state index contributed by atoms with van der Waals surface area (Å²) in [7, 11) is 0. The molecular formula is C14H18N5OS+. The van der Waals surface area contributed by atoms with Crippen LogP contribution in [0, 0.1) is 4.84 Å². The first kappa shape index (κ1) is 12.3. The van der Waals surface area contributed by atoms with Crippen LogP contribution in [0.2, 0.25) is 0 Å². The Hall–Kier alpha value is -1.25. The molecule has 4 aliphatic rings. The predicted octanol–water partition coefficient (Wildman–Crippen LogP) is 1.43. The first-order valence-corrected chi connectivity index (χ1v) is 7.72. The summed E-state index contributed by atoms with van der Waals surface area (Å²) >= 11 is 5.45. The van der Waals surface area contributed by atoms with Crippen molar-refractivity contribution in [1.29, 1.82) is 0 Å². The van der Waals surface area contributed by atoms with Gasteiger partial charge >= 0.3 is 0 Å². The van der Waals surface area contributed by atoms with Gasteiger partial charge in [0.05, 0.1) is 25.5 Å². The molecule has 0 spiro atoms. The van der Waals surface area contributed by atoms with Crippen molar-refractivity contribution in [2.45, 2.75) is 6.67 Å². The molecule has 0 amide bonds. The normalized spacial score (nSPS) is 37.4. The smallest absolute Gasteiger partial charge is 0.274 e. The monoisotopic (exact) mass is 304 g/mol. The van der Waals surface area contributed by atoms with Crippen molar-refractivity contribution in [2.24, 2.45) is 0 Å². The van der Waals surface area contributed by atoms with Crippen LogP contribution in [0.4, 0.5) is 0 Å². The van der Waals surface area contributed by atoms with Gasteiger partial charge < -0.3 is 4.42 Å². The highest BCUT2D eigenvalue weighted by atomic mass is 32.1. The molecule has 1 aromatic heterocycles. The molecule has 5 heterocycles. The molecule has 4 aliphatic heterocycles. The predicted molar refractivity (Wildman–Crippen MR) is 80.0 cm³/mol. The van der Waals surface area contributed by atoms with E-state index in [2.05, 4.69) is 25.3 Å². The molecule has 0 atom stereocenters.